The van der Waals surface area contributed by atoms with E-state index in [1.165, 1.54) is 5.56 Å². The molecule has 0 unspecified atom stereocenters. The zero-order chi connectivity index (χ0) is 15.0. The van der Waals surface area contributed by atoms with Gasteiger partial charge in [0.25, 0.3) is 0 Å². The van der Waals surface area contributed by atoms with Gasteiger partial charge in [0.15, 0.2) is 0 Å². The van der Waals surface area contributed by atoms with E-state index in [1.807, 2.05) is 31.9 Å². The van der Waals surface area contributed by atoms with E-state index < -0.39 is 0 Å². The minimum atomic E-state index is -0.0458. The van der Waals surface area contributed by atoms with Crippen molar-refractivity contribution < 1.29 is 4.79 Å². The highest BCUT2D eigenvalue weighted by Crippen LogP contribution is 2.18. The van der Waals surface area contributed by atoms with Crippen LogP contribution in [0.5, 0.6) is 0 Å². The van der Waals surface area contributed by atoms with Crippen molar-refractivity contribution in [3.8, 4) is 0 Å². The number of likely N-dealkylation sites (N-methyl/N-ethyl adjacent to an activating group) is 1. The van der Waals surface area contributed by atoms with Crippen LogP contribution >= 0.6 is 0 Å². The van der Waals surface area contributed by atoms with Gasteiger partial charge in [-0.1, -0.05) is 12.1 Å². The van der Waals surface area contributed by atoms with Gasteiger partial charge in [0.2, 0.25) is 5.91 Å². The van der Waals surface area contributed by atoms with Gasteiger partial charge >= 0.3 is 0 Å². The lowest BCUT2D eigenvalue weighted by atomic mass is 10.1. The van der Waals surface area contributed by atoms with E-state index in [1.54, 1.807) is 0 Å². The fourth-order valence-electron chi connectivity index (χ4n) is 2.88. The Balaban J connectivity index is 1.81. The van der Waals surface area contributed by atoms with Crippen LogP contribution in [-0.4, -0.2) is 46.9 Å². The molecule has 21 heavy (non-hydrogen) atoms. The van der Waals surface area contributed by atoms with Crippen molar-refractivity contribution in [2.24, 2.45) is 0 Å². The van der Waals surface area contributed by atoms with Crippen molar-refractivity contribution in [1.29, 1.82) is 0 Å². The Morgan fingerprint density at radius 2 is 2.05 bits per heavy atom. The number of hydrogen-bond acceptors (Lipinski definition) is 3. The summed E-state index contributed by atoms with van der Waals surface area (Å²) in [5.74, 6) is 0.208. The number of pyridine rings is 1. The number of nitrogens with zero attached hydrogens (tertiary/aromatic N) is 3. The largest absolute Gasteiger partial charge is 0.343 e. The lowest BCUT2D eigenvalue weighted by Crippen LogP contribution is -2.53. The molecule has 2 aromatic rings. The molecule has 110 valence electrons. The van der Waals surface area contributed by atoms with E-state index in [0.717, 1.165) is 36.2 Å². The summed E-state index contributed by atoms with van der Waals surface area (Å²) in [7, 11) is 1.88. The maximum Gasteiger partial charge on any atom is 0.239 e. The van der Waals surface area contributed by atoms with E-state index in [0.29, 0.717) is 0 Å². The van der Waals surface area contributed by atoms with E-state index in [9.17, 15) is 4.79 Å². The van der Waals surface area contributed by atoms with Gasteiger partial charge in [-0.3, -0.25) is 14.7 Å². The molecule has 3 rings (SSSR count). The molecule has 2 heterocycles. The van der Waals surface area contributed by atoms with Crippen LogP contribution in [0.1, 0.15) is 18.2 Å². The maximum absolute atomic E-state index is 12.0. The van der Waals surface area contributed by atoms with Crippen LogP contribution in [0.3, 0.4) is 0 Å². The third kappa shape index (κ3) is 2.76. The summed E-state index contributed by atoms with van der Waals surface area (Å²) >= 11 is 0. The molecule has 1 aromatic heterocycles. The summed E-state index contributed by atoms with van der Waals surface area (Å²) in [6.07, 6.45) is 0. The first-order valence-electron chi connectivity index (χ1n) is 7.40. The lowest BCUT2D eigenvalue weighted by molar-refractivity contribution is -0.139. The first-order chi connectivity index (χ1) is 10.0. The van der Waals surface area contributed by atoms with E-state index in [-0.39, 0.29) is 11.9 Å². The SMILES string of the molecule is Cc1ccc2cc(CN3CCN(C)C(=O)[C@@H]3C)ccc2n1. The molecule has 0 saturated carbocycles. The standard InChI is InChI=1S/C17H21N3O/c1-12-4-6-15-10-14(5-7-16(15)18-12)11-20-9-8-19(3)17(21)13(20)2/h4-7,10,13H,8-9,11H2,1-3H3/t13-/m0/s1. The molecule has 1 aliphatic rings. The second-order valence-corrected chi connectivity index (χ2v) is 5.89. The van der Waals surface area contributed by atoms with Crippen molar-refractivity contribution in [2.45, 2.75) is 26.4 Å². The number of rotatable bonds is 2. The predicted octanol–water partition coefficient (Wildman–Crippen LogP) is 2.21. The molecule has 4 heteroatoms. The summed E-state index contributed by atoms with van der Waals surface area (Å²) in [5.41, 5.74) is 3.30. The Hall–Kier alpha value is -1.94. The van der Waals surface area contributed by atoms with Gasteiger partial charge in [-0.2, -0.15) is 0 Å². The van der Waals surface area contributed by atoms with E-state index >= 15 is 0 Å². The third-order valence-corrected chi connectivity index (χ3v) is 4.28. The second kappa shape index (κ2) is 5.45. The van der Waals surface area contributed by atoms with Gasteiger partial charge in [-0.25, -0.2) is 0 Å². The van der Waals surface area contributed by atoms with Crippen molar-refractivity contribution >= 4 is 16.8 Å². The van der Waals surface area contributed by atoms with E-state index in [4.69, 9.17) is 0 Å². The van der Waals surface area contributed by atoms with Crippen molar-refractivity contribution in [3.05, 3.63) is 41.6 Å². The fraction of sp³-hybridized carbons (Fsp3) is 0.412. The highest BCUT2D eigenvalue weighted by atomic mass is 16.2. The Labute approximate surface area is 125 Å². The van der Waals surface area contributed by atoms with E-state index in [2.05, 4.69) is 34.1 Å². The maximum atomic E-state index is 12.0. The van der Waals surface area contributed by atoms with Crippen LogP contribution in [0.4, 0.5) is 0 Å². The molecule has 1 fully saturated rings. The first kappa shape index (κ1) is 14.0. The molecule has 1 saturated heterocycles. The molecule has 0 radical (unpaired) electrons. The molecule has 0 N–H and O–H groups in total. The number of fused-ring (bicyclic) bond motifs is 1. The summed E-state index contributed by atoms with van der Waals surface area (Å²) in [6, 6.07) is 10.5. The number of carbonyl (C=O) groups excluding carboxylic acids is 1. The van der Waals surface area contributed by atoms with Crippen molar-refractivity contribution in [3.63, 3.8) is 0 Å². The van der Waals surface area contributed by atoms with Crippen molar-refractivity contribution in [2.75, 3.05) is 20.1 Å². The van der Waals surface area contributed by atoms with Crippen LogP contribution in [0.25, 0.3) is 10.9 Å². The third-order valence-electron chi connectivity index (χ3n) is 4.28. The highest BCUT2D eigenvalue weighted by Gasteiger charge is 2.28. The topological polar surface area (TPSA) is 36.4 Å². The monoisotopic (exact) mass is 283 g/mol. The Kier molecular flexibility index (Phi) is 3.64. The minimum absolute atomic E-state index is 0.0458. The van der Waals surface area contributed by atoms with Gasteiger partial charge < -0.3 is 4.90 Å². The predicted molar refractivity (Wildman–Crippen MR) is 84.0 cm³/mol. The van der Waals surface area contributed by atoms with Gasteiger partial charge in [0, 0.05) is 37.8 Å². The molecular weight excluding hydrogens is 262 g/mol. The molecule has 1 aromatic carbocycles. The quantitative estimate of drug-likeness (QED) is 0.848. The number of amides is 1. The summed E-state index contributed by atoms with van der Waals surface area (Å²) in [4.78, 5) is 20.6. The molecule has 0 aliphatic carbocycles. The molecule has 1 aliphatic heterocycles. The van der Waals surface area contributed by atoms with Crippen LogP contribution in [-0.2, 0) is 11.3 Å². The summed E-state index contributed by atoms with van der Waals surface area (Å²) < 4.78 is 0. The normalized spacial score (nSPS) is 20.2. The average Bonchev–Trinajstić information content (AvgIpc) is 2.48. The van der Waals surface area contributed by atoms with Crippen molar-refractivity contribution in [1.82, 2.24) is 14.8 Å². The molecule has 4 nitrogen and oxygen atoms in total. The van der Waals surface area contributed by atoms with Gasteiger partial charge in [-0.05, 0) is 37.6 Å². The smallest absolute Gasteiger partial charge is 0.239 e. The number of benzene rings is 1. The lowest BCUT2D eigenvalue weighted by Gasteiger charge is -2.37. The van der Waals surface area contributed by atoms with Gasteiger partial charge in [0.05, 0.1) is 11.6 Å². The zero-order valence-corrected chi connectivity index (χ0v) is 12.8. The molecular formula is C17H21N3O. The minimum Gasteiger partial charge on any atom is -0.343 e. The second-order valence-electron chi connectivity index (χ2n) is 5.89. The zero-order valence-electron chi connectivity index (χ0n) is 12.8. The number of aryl methyl sites for hydroxylation is 1. The Morgan fingerprint density at radius 3 is 2.86 bits per heavy atom. The summed E-state index contributed by atoms with van der Waals surface area (Å²) in [5, 5.41) is 1.16. The van der Waals surface area contributed by atoms with Crippen LogP contribution in [0.15, 0.2) is 30.3 Å². The molecule has 1 atom stereocenters. The summed E-state index contributed by atoms with van der Waals surface area (Å²) in [6.45, 7) is 6.53. The Bertz CT molecular complexity index is 683. The van der Waals surface area contributed by atoms with Crippen LogP contribution in [0, 0.1) is 6.92 Å². The number of piperazine rings is 1. The molecule has 0 spiro atoms. The first-order valence-corrected chi connectivity index (χ1v) is 7.40. The molecule has 1 amide bonds. The van der Waals surface area contributed by atoms with Crippen LogP contribution in [0.2, 0.25) is 0 Å². The number of aromatic nitrogens is 1. The molecule has 0 bridgehead atoms. The average molecular weight is 283 g/mol. The fourth-order valence-corrected chi connectivity index (χ4v) is 2.88. The Morgan fingerprint density at radius 1 is 1.24 bits per heavy atom. The highest BCUT2D eigenvalue weighted by molar-refractivity contribution is 5.82. The van der Waals surface area contributed by atoms with Crippen LogP contribution < -0.4 is 0 Å². The number of carbonyl (C=O) groups is 1. The van der Waals surface area contributed by atoms with Gasteiger partial charge in [0.1, 0.15) is 0 Å². The number of hydrogen-bond donors (Lipinski definition) is 0. The van der Waals surface area contributed by atoms with Gasteiger partial charge in [-0.15, -0.1) is 0 Å².